The topological polar surface area (TPSA) is 41.6 Å². The van der Waals surface area contributed by atoms with E-state index in [2.05, 4.69) is 29.6 Å². The maximum absolute atomic E-state index is 12.4. The lowest BCUT2D eigenvalue weighted by Gasteiger charge is -2.38. The first-order valence-corrected chi connectivity index (χ1v) is 8.30. The van der Waals surface area contributed by atoms with Gasteiger partial charge in [0.05, 0.1) is 18.8 Å². The van der Waals surface area contributed by atoms with Crippen LogP contribution in [0.1, 0.15) is 43.7 Å². The van der Waals surface area contributed by atoms with E-state index in [0.717, 1.165) is 19.4 Å². The van der Waals surface area contributed by atoms with Gasteiger partial charge < -0.3 is 15.0 Å². The van der Waals surface area contributed by atoms with Crippen molar-refractivity contribution in [3.63, 3.8) is 0 Å². The summed E-state index contributed by atoms with van der Waals surface area (Å²) >= 11 is 0. The maximum atomic E-state index is 12.4. The third-order valence-corrected chi connectivity index (χ3v) is 4.71. The number of fused-ring (bicyclic) bond motifs is 1. The standard InChI is InChI=1S/C18H26N2O2/c1-18(2)13-20(10-11-22-18)17(21)19-12-15-8-5-7-14-6-3-4-9-16(14)15/h3-4,6,9,15H,5,7-8,10-13H2,1-2H3,(H,19,21). The summed E-state index contributed by atoms with van der Waals surface area (Å²) in [5.41, 5.74) is 2.62. The predicted molar refractivity (Wildman–Crippen MR) is 87.1 cm³/mol. The van der Waals surface area contributed by atoms with Gasteiger partial charge in [-0.25, -0.2) is 4.79 Å². The number of rotatable bonds is 2. The van der Waals surface area contributed by atoms with Gasteiger partial charge in [-0.1, -0.05) is 24.3 Å². The van der Waals surface area contributed by atoms with E-state index in [9.17, 15) is 4.79 Å². The third kappa shape index (κ3) is 3.43. The Labute approximate surface area is 132 Å². The van der Waals surface area contributed by atoms with E-state index in [-0.39, 0.29) is 11.6 Å². The van der Waals surface area contributed by atoms with Crippen LogP contribution in [0.3, 0.4) is 0 Å². The number of amides is 2. The van der Waals surface area contributed by atoms with E-state index < -0.39 is 0 Å². The summed E-state index contributed by atoms with van der Waals surface area (Å²) in [6, 6.07) is 8.68. The number of carbonyl (C=O) groups excluding carboxylic acids is 1. The first-order chi connectivity index (χ1) is 10.6. The Hall–Kier alpha value is -1.55. The number of urea groups is 1. The SMILES string of the molecule is CC1(C)CN(C(=O)NCC2CCCc3ccccc32)CCO1. The highest BCUT2D eigenvalue weighted by Gasteiger charge is 2.30. The third-order valence-electron chi connectivity index (χ3n) is 4.71. The molecule has 1 aromatic rings. The highest BCUT2D eigenvalue weighted by molar-refractivity contribution is 5.74. The van der Waals surface area contributed by atoms with Gasteiger partial charge >= 0.3 is 6.03 Å². The molecular formula is C18H26N2O2. The minimum atomic E-state index is -0.243. The summed E-state index contributed by atoms with van der Waals surface area (Å²) in [6.07, 6.45) is 3.53. The monoisotopic (exact) mass is 302 g/mol. The van der Waals surface area contributed by atoms with Crippen LogP contribution in [-0.2, 0) is 11.2 Å². The fourth-order valence-corrected chi connectivity index (χ4v) is 3.58. The number of hydrogen-bond donors (Lipinski definition) is 1. The quantitative estimate of drug-likeness (QED) is 0.912. The average Bonchev–Trinajstić information content (AvgIpc) is 2.51. The molecule has 120 valence electrons. The number of nitrogens with one attached hydrogen (secondary N) is 1. The van der Waals surface area contributed by atoms with Gasteiger partial charge in [0, 0.05) is 19.0 Å². The fraction of sp³-hybridized carbons (Fsp3) is 0.611. The Kier molecular flexibility index (Phi) is 4.39. The highest BCUT2D eigenvalue weighted by atomic mass is 16.5. The van der Waals surface area contributed by atoms with E-state index in [0.29, 0.717) is 25.6 Å². The Balaban J connectivity index is 1.58. The predicted octanol–water partition coefficient (Wildman–Crippen LogP) is 2.93. The van der Waals surface area contributed by atoms with Gasteiger partial charge in [-0.2, -0.15) is 0 Å². The van der Waals surface area contributed by atoms with Crippen LogP contribution < -0.4 is 5.32 Å². The van der Waals surface area contributed by atoms with Crippen LogP contribution in [0.25, 0.3) is 0 Å². The van der Waals surface area contributed by atoms with Gasteiger partial charge in [0.15, 0.2) is 0 Å². The van der Waals surface area contributed by atoms with E-state index >= 15 is 0 Å². The molecule has 4 nitrogen and oxygen atoms in total. The van der Waals surface area contributed by atoms with Crippen molar-refractivity contribution in [1.82, 2.24) is 10.2 Å². The molecule has 1 aliphatic heterocycles. The number of ether oxygens (including phenoxy) is 1. The minimum absolute atomic E-state index is 0.0411. The molecule has 1 aromatic carbocycles. The second kappa shape index (κ2) is 6.29. The lowest BCUT2D eigenvalue weighted by Crippen LogP contribution is -2.53. The van der Waals surface area contributed by atoms with E-state index in [1.54, 1.807) is 0 Å². The van der Waals surface area contributed by atoms with Gasteiger partial charge in [-0.15, -0.1) is 0 Å². The fourth-order valence-electron chi connectivity index (χ4n) is 3.58. The Morgan fingerprint density at radius 3 is 3.05 bits per heavy atom. The second-order valence-corrected chi connectivity index (χ2v) is 7.00. The number of aryl methyl sites for hydroxylation is 1. The Morgan fingerprint density at radius 2 is 2.23 bits per heavy atom. The molecule has 1 N–H and O–H groups in total. The summed E-state index contributed by atoms with van der Waals surface area (Å²) in [5.74, 6) is 0.447. The van der Waals surface area contributed by atoms with E-state index in [4.69, 9.17) is 4.74 Å². The number of morpholine rings is 1. The van der Waals surface area contributed by atoms with Crippen LogP contribution >= 0.6 is 0 Å². The van der Waals surface area contributed by atoms with Crippen molar-refractivity contribution in [1.29, 1.82) is 0 Å². The molecule has 2 aliphatic rings. The first-order valence-electron chi connectivity index (χ1n) is 8.30. The molecule has 22 heavy (non-hydrogen) atoms. The van der Waals surface area contributed by atoms with E-state index in [1.807, 2.05) is 18.7 Å². The Bertz CT molecular complexity index is 542. The van der Waals surface area contributed by atoms with Crippen LogP contribution in [-0.4, -0.2) is 42.8 Å². The molecule has 1 aliphatic carbocycles. The van der Waals surface area contributed by atoms with Gasteiger partial charge in [0.25, 0.3) is 0 Å². The summed E-state index contributed by atoms with van der Waals surface area (Å²) < 4.78 is 5.66. The van der Waals surface area contributed by atoms with Gasteiger partial charge in [-0.05, 0) is 44.2 Å². The van der Waals surface area contributed by atoms with Crippen LogP contribution in [0, 0.1) is 0 Å². The number of nitrogens with zero attached hydrogens (tertiary/aromatic N) is 1. The summed E-state index contributed by atoms with van der Waals surface area (Å²) in [4.78, 5) is 14.3. The zero-order valence-electron chi connectivity index (χ0n) is 13.6. The number of benzene rings is 1. The van der Waals surface area contributed by atoms with Crippen molar-refractivity contribution in [2.75, 3.05) is 26.2 Å². The van der Waals surface area contributed by atoms with Crippen molar-refractivity contribution < 1.29 is 9.53 Å². The molecule has 1 saturated heterocycles. The van der Waals surface area contributed by atoms with E-state index in [1.165, 1.54) is 17.5 Å². The minimum Gasteiger partial charge on any atom is -0.372 e. The van der Waals surface area contributed by atoms with Crippen molar-refractivity contribution >= 4 is 6.03 Å². The normalized spacial score (nSPS) is 23.7. The molecule has 1 atom stereocenters. The van der Waals surface area contributed by atoms with Gasteiger partial charge in [0.2, 0.25) is 0 Å². The molecule has 0 saturated carbocycles. The number of carbonyl (C=O) groups is 1. The zero-order chi connectivity index (χ0) is 15.6. The molecule has 0 spiro atoms. The van der Waals surface area contributed by atoms with Crippen molar-refractivity contribution in [2.24, 2.45) is 0 Å². The highest BCUT2D eigenvalue weighted by Crippen LogP contribution is 2.30. The molecular weight excluding hydrogens is 276 g/mol. The molecule has 1 heterocycles. The lowest BCUT2D eigenvalue weighted by atomic mass is 9.83. The molecule has 4 heteroatoms. The van der Waals surface area contributed by atoms with Crippen LogP contribution in [0.4, 0.5) is 4.79 Å². The summed E-state index contributed by atoms with van der Waals surface area (Å²) in [6.45, 7) is 6.74. The molecule has 1 unspecified atom stereocenters. The zero-order valence-corrected chi connectivity index (χ0v) is 13.6. The lowest BCUT2D eigenvalue weighted by molar-refractivity contribution is -0.0733. The van der Waals surface area contributed by atoms with Crippen LogP contribution in [0.2, 0.25) is 0 Å². The number of hydrogen-bond acceptors (Lipinski definition) is 2. The largest absolute Gasteiger partial charge is 0.372 e. The maximum Gasteiger partial charge on any atom is 0.317 e. The molecule has 0 aromatic heterocycles. The van der Waals surface area contributed by atoms with Gasteiger partial charge in [0.1, 0.15) is 0 Å². The molecule has 0 radical (unpaired) electrons. The summed E-state index contributed by atoms with van der Waals surface area (Å²) in [7, 11) is 0. The smallest absolute Gasteiger partial charge is 0.317 e. The molecule has 3 rings (SSSR count). The Morgan fingerprint density at radius 1 is 1.41 bits per heavy atom. The second-order valence-electron chi connectivity index (χ2n) is 7.00. The van der Waals surface area contributed by atoms with Crippen molar-refractivity contribution in [3.8, 4) is 0 Å². The molecule has 0 bridgehead atoms. The molecule has 2 amide bonds. The van der Waals surface area contributed by atoms with Crippen molar-refractivity contribution in [2.45, 2.75) is 44.6 Å². The van der Waals surface area contributed by atoms with Crippen LogP contribution in [0.5, 0.6) is 0 Å². The molecule has 1 fully saturated rings. The summed E-state index contributed by atoms with van der Waals surface area (Å²) in [5, 5.41) is 3.13. The first kappa shape index (κ1) is 15.3. The van der Waals surface area contributed by atoms with Crippen molar-refractivity contribution in [3.05, 3.63) is 35.4 Å². The average molecular weight is 302 g/mol. The van der Waals surface area contributed by atoms with Gasteiger partial charge in [-0.3, -0.25) is 0 Å². The van der Waals surface area contributed by atoms with Crippen LogP contribution in [0.15, 0.2) is 24.3 Å².